The highest BCUT2D eigenvalue weighted by atomic mass is 35.5. The number of hydrogen-bond acceptors (Lipinski definition) is 2. The Balaban J connectivity index is 3.05. The molecule has 3 heteroatoms. The summed E-state index contributed by atoms with van der Waals surface area (Å²) >= 11 is 6.70. The van der Waals surface area contributed by atoms with Crippen molar-refractivity contribution in [1.82, 2.24) is 4.37 Å². The smallest absolute Gasteiger partial charge is 0.113 e. The van der Waals surface area contributed by atoms with Gasteiger partial charge in [-0.2, -0.15) is 4.37 Å². The number of hydrogen-bond donors (Lipinski definition) is 0. The molecular weight excluding hydrogens is 118 g/mol. The largest absolute Gasteiger partial charge is 0.200 e. The van der Waals surface area contributed by atoms with Gasteiger partial charge in [0.05, 0.1) is 0 Å². The van der Waals surface area contributed by atoms with Crippen LogP contribution in [0.25, 0.3) is 0 Å². The molecule has 32 valence electrons. The van der Waals surface area contributed by atoms with Crippen LogP contribution in [-0.4, -0.2) is 4.37 Å². The van der Waals surface area contributed by atoms with E-state index in [1.165, 1.54) is 11.5 Å². The van der Waals surface area contributed by atoms with Gasteiger partial charge in [0.1, 0.15) is 4.34 Å². The molecule has 0 radical (unpaired) electrons. The van der Waals surface area contributed by atoms with Crippen LogP contribution < -0.4 is 0 Å². The van der Waals surface area contributed by atoms with Gasteiger partial charge in [0.2, 0.25) is 0 Å². The van der Waals surface area contributed by atoms with Crippen molar-refractivity contribution in [2.75, 3.05) is 0 Å². The van der Waals surface area contributed by atoms with Crippen molar-refractivity contribution in [2.45, 2.75) is 0 Å². The molecule has 0 aromatic carbocycles. The summed E-state index contributed by atoms with van der Waals surface area (Å²) in [5, 5.41) is 0. The fourth-order valence-electron chi connectivity index (χ4n) is 0.200. The molecule has 0 saturated carbocycles. The van der Waals surface area contributed by atoms with E-state index in [0.29, 0.717) is 0 Å². The van der Waals surface area contributed by atoms with E-state index >= 15 is 0 Å². The predicted octanol–water partition coefficient (Wildman–Crippen LogP) is 1.80. The molecule has 0 amide bonds. The summed E-state index contributed by atoms with van der Waals surface area (Å²) in [4.78, 5) is 0. The second-order valence-electron chi connectivity index (χ2n) is 0.817. The van der Waals surface area contributed by atoms with Gasteiger partial charge in [0, 0.05) is 6.20 Å². The lowest BCUT2D eigenvalue weighted by Gasteiger charge is -1.59. The van der Waals surface area contributed by atoms with Gasteiger partial charge in [0.25, 0.3) is 0 Å². The molecule has 0 unspecified atom stereocenters. The van der Waals surface area contributed by atoms with Gasteiger partial charge in [-0.3, -0.25) is 0 Å². The lowest BCUT2D eigenvalue weighted by atomic mass is 10.8. The summed E-state index contributed by atoms with van der Waals surface area (Å²) in [6.45, 7) is 0. The summed E-state index contributed by atoms with van der Waals surface area (Å²) in [5.41, 5.74) is 0. The molecule has 1 heterocycles. The van der Waals surface area contributed by atoms with E-state index in [0.717, 1.165) is 4.34 Å². The van der Waals surface area contributed by atoms with Crippen molar-refractivity contribution in [3.63, 3.8) is 0 Å². The quantitative estimate of drug-likeness (QED) is 0.508. The van der Waals surface area contributed by atoms with Gasteiger partial charge in [-0.1, -0.05) is 11.6 Å². The van der Waals surface area contributed by atoms with Gasteiger partial charge in [-0.15, -0.1) is 0 Å². The lowest BCUT2D eigenvalue weighted by molar-refractivity contribution is 1.58. The Bertz CT molecular complexity index is 114. The first-order chi connectivity index (χ1) is 2.89. The molecule has 1 rings (SSSR count). The van der Waals surface area contributed by atoms with Crippen molar-refractivity contribution in [2.24, 2.45) is 0 Å². The van der Waals surface area contributed by atoms with E-state index in [1.807, 2.05) is 0 Å². The van der Waals surface area contributed by atoms with Crippen molar-refractivity contribution in [3.05, 3.63) is 16.6 Å². The molecule has 6 heavy (non-hydrogen) atoms. The van der Waals surface area contributed by atoms with Crippen LogP contribution in [0.15, 0.2) is 12.3 Å². The molecule has 1 aromatic rings. The van der Waals surface area contributed by atoms with E-state index in [1.54, 1.807) is 12.3 Å². The van der Waals surface area contributed by atoms with E-state index in [9.17, 15) is 0 Å². The Morgan fingerprint density at radius 3 is 2.83 bits per heavy atom. The molecule has 0 spiro atoms. The third-order valence-corrected chi connectivity index (χ3v) is 1.28. The molecule has 0 N–H and O–H groups in total. The van der Waals surface area contributed by atoms with Crippen molar-refractivity contribution in [1.29, 1.82) is 0 Å². The summed E-state index contributed by atoms with van der Waals surface area (Å²) < 4.78 is 4.48. The van der Waals surface area contributed by atoms with Crippen LogP contribution in [0.5, 0.6) is 0 Å². The standard InChI is InChI=1S/C3H2ClNS/c4-3-1-2-5-6-3/h1-2H. The number of halogens is 1. The molecule has 0 atom stereocenters. The van der Waals surface area contributed by atoms with Crippen LogP contribution in [0.1, 0.15) is 0 Å². The molecule has 0 saturated heterocycles. The van der Waals surface area contributed by atoms with Crippen LogP contribution in [0, 0.1) is 0 Å². The molecule has 0 aliphatic carbocycles. The molecule has 1 nitrogen and oxygen atoms in total. The second kappa shape index (κ2) is 1.58. The minimum Gasteiger partial charge on any atom is -0.200 e. The molecule has 0 aliphatic heterocycles. The van der Waals surface area contributed by atoms with Crippen LogP contribution in [0.2, 0.25) is 4.34 Å². The summed E-state index contributed by atoms with van der Waals surface area (Å²) in [6, 6.07) is 1.76. The van der Waals surface area contributed by atoms with Gasteiger partial charge in [0.15, 0.2) is 0 Å². The maximum absolute atomic E-state index is 5.41. The SMILES string of the molecule is Clc1ccns1. The lowest BCUT2D eigenvalue weighted by Crippen LogP contribution is -1.32. The Labute approximate surface area is 44.7 Å². The van der Waals surface area contributed by atoms with Crippen molar-refractivity contribution < 1.29 is 0 Å². The first-order valence-electron chi connectivity index (χ1n) is 1.46. The number of rotatable bonds is 0. The van der Waals surface area contributed by atoms with Crippen molar-refractivity contribution >= 4 is 23.1 Å². The van der Waals surface area contributed by atoms with E-state index in [2.05, 4.69) is 4.37 Å². The third kappa shape index (κ3) is 0.698. The molecule has 0 bridgehead atoms. The molecular formula is C3H2ClNS. The van der Waals surface area contributed by atoms with Gasteiger partial charge in [-0.25, -0.2) is 0 Å². The highest BCUT2D eigenvalue weighted by Gasteiger charge is 1.79. The van der Waals surface area contributed by atoms with E-state index in [4.69, 9.17) is 11.6 Å². The zero-order chi connectivity index (χ0) is 4.41. The molecule has 0 aliphatic rings. The topological polar surface area (TPSA) is 12.9 Å². The van der Waals surface area contributed by atoms with Gasteiger partial charge in [-0.05, 0) is 17.6 Å². The molecule has 1 aromatic heterocycles. The van der Waals surface area contributed by atoms with Gasteiger partial charge < -0.3 is 0 Å². The monoisotopic (exact) mass is 119 g/mol. The maximum Gasteiger partial charge on any atom is 0.113 e. The Hall–Kier alpha value is -0.0800. The fourth-order valence-corrected chi connectivity index (χ4v) is 0.720. The zero-order valence-corrected chi connectivity index (χ0v) is 4.46. The minimum absolute atomic E-state index is 0.745. The van der Waals surface area contributed by atoms with Crippen LogP contribution in [-0.2, 0) is 0 Å². The zero-order valence-electron chi connectivity index (χ0n) is 2.89. The molecule has 0 fully saturated rings. The Morgan fingerprint density at radius 2 is 2.67 bits per heavy atom. The Kier molecular flexibility index (Phi) is 1.08. The fraction of sp³-hybridized carbons (Fsp3) is 0. The average Bonchev–Trinajstić information content (AvgIpc) is 1.86. The number of aromatic nitrogens is 1. The first-order valence-corrected chi connectivity index (χ1v) is 2.61. The summed E-state index contributed by atoms with van der Waals surface area (Å²) in [7, 11) is 0. The third-order valence-electron chi connectivity index (χ3n) is 0.406. The first kappa shape index (κ1) is 4.09. The van der Waals surface area contributed by atoms with Crippen LogP contribution in [0.3, 0.4) is 0 Å². The summed E-state index contributed by atoms with van der Waals surface area (Å²) in [6.07, 6.45) is 1.67. The highest BCUT2D eigenvalue weighted by Crippen LogP contribution is 2.09. The highest BCUT2D eigenvalue weighted by molar-refractivity contribution is 7.10. The normalized spacial score (nSPS) is 8.83. The van der Waals surface area contributed by atoms with Crippen molar-refractivity contribution in [3.8, 4) is 0 Å². The maximum atomic E-state index is 5.41. The van der Waals surface area contributed by atoms with Gasteiger partial charge >= 0.3 is 0 Å². The van der Waals surface area contributed by atoms with E-state index in [-0.39, 0.29) is 0 Å². The predicted molar refractivity (Wildman–Crippen MR) is 27.1 cm³/mol. The summed E-state index contributed by atoms with van der Waals surface area (Å²) in [5.74, 6) is 0. The van der Waals surface area contributed by atoms with Crippen LogP contribution >= 0.6 is 23.1 Å². The Morgan fingerprint density at radius 1 is 1.83 bits per heavy atom. The van der Waals surface area contributed by atoms with E-state index < -0.39 is 0 Å². The number of nitrogens with zero attached hydrogens (tertiary/aromatic N) is 1. The second-order valence-corrected chi connectivity index (χ2v) is 2.28. The minimum atomic E-state index is 0.745. The average molecular weight is 120 g/mol. The van der Waals surface area contributed by atoms with Crippen LogP contribution in [0.4, 0.5) is 0 Å².